The number of thioether (sulfide) groups is 1. The van der Waals surface area contributed by atoms with Crippen LogP contribution >= 0.6 is 11.8 Å². The standard InChI is InChI=1S/C26H23FN4O2S/c27-21-11-13-22(14-12-21)31-24(20-9-5-2-6-10-20)28-29-26(31)34-23(19-7-3-1-4-8-19)25(32)30-15-17-33-18-16-30/h1-14,23H,15-18H2/t23-/m0/s1. The molecular formula is C26H23FN4O2S. The van der Waals surface area contributed by atoms with Crippen molar-refractivity contribution in [1.82, 2.24) is 19.7 Å². The van der Waals surface area contributed by atoms with Gasteiger partial charge in [-0.25, -0.2) is 4.39 Å². The zero-order valence-corrected chi connectivity index (χ0v) is 19.2. The predicted molar refractivity (Wildman–Crippen MR) is 129 cm³/mol. The maximum absolute atomic E-state index is 13.7. The Balaban J connectivity index is 1.57. The summed E-state index contributed by atoms with van der Waals surface area (Å²) in [5.74, 6) is 0.312. The van der Waals surface area contributed by atoms with E-state index in [0.29, 0.717) is 37.3 Å². The molecule has 0 N–H and O–H groups in total. The average Bonchev–Trinajstić information content (AvgIpc) is 3.32. The van der Waals surface area contributed by atoms with Gasteiger partial charge >= 0.3 is 0 Å². The van der Waals surface area contributed by atoms with Gasteiger partial charge in [0.1, 0.15) is 11.1 Å². The van der Waals surface area contributed by atoms with Crippen molar-refractivity contribution >= 4 is 17.7 Å². The maximum Gasteiger partial charge on any atom is 0.240 e. The lowest BCUT2D eigenvalue weighted by Gasteiger charge is -2.30. The lowest BCUT2D eigenvalue weighted by atomic mass is 10.1. The fourth-order valence-electron chi connectivity index (χ4n) is 3.89. The summed E-state index contributed by atoms with van der Waals surface area (Å²) < 4.78 is 21.0. The quantitative estimate of drug-likeness (QED) is 0.377. The number of carbonyl (C=O) groups excluding carboxylic acids is 1. The molecule has 0 bridgehead atoms. The van der Waals surface area contributed by atoms with Crippen LogP contribution in [0, 0.1) is 5.82 Å². The summed E-state index contributed by atoms with van der Waals surface area (Å²) in [6.45, 7) is 2.18. The molecule has 0 aliphatic carbocycles. The monoisotopic (exact) mass is 474 g/mol. The summed E-state index contributed by atoms with van der Waals surface area (Å²) in [6, 6.07) is 25.6. The number of halogens is 1. The van der Waals surface area contributed by atoms with Crippen LogP contribution in [0.2, 0.25) is 0 Å². The number of benzene rings is 3. The first-order chi connectivity index (χ1) is 16.7. The van der Waals surface area contributed by atoms with Gasteiger partial charge in [0.25, 0.3) is 0 Å². The number of morpholine rings is 1. The lowest BCUT2D eigenvalue weighted by molar-refractivity contribution is -0.134. The molecule has 1 fully saturated rings. The van der Waals surface area contributed by atoms with Gasteiger partial charge in [-0.15, -0.1) is 10.2 Å². The fraction of sp³-hybridized carbons (Fsp3) is 0.192. The average molecular weight is 475 g/mol. The van der Waals surface area contributed by atoms with Crippen molar-refractivity contribution in [1.29, 1.82) is 0 Å². The minimum Gasteiger partial charge on any atom is -0.378 e. The van der Waals surface area contributed by atoms with Gasteiger partial charge in [-0.05, 0) is 29.8 Å². The molecule has 2 heterocycles. The maximum atomic E-state index is 13.7. The van der Waals surface area contributed by atoms with Crippen molar-refractivity contribution in [3.05, 3.63) is 96.3 Å². The number of carbonyl (C=O) groups is 1. The van der Waals surface area contributed by atoms with Crippen LogP contribution in [0.25, 0.3) is 17.1 Å². The lowest BCUT2D eigenvalue weighted by Crippen LogP contribution is -2.42. The van der Waals surface area contributed by atoms with Gasteiger partial charge < -0.3 is 9.64 Å². The number of aromatic nitrogens is 3. The topological polar surface area (TPSA) is 60.2 Å². The predicted octanol–water partition coefficient (Wildman–Crippen LogP) is 4.77. The van der Waals surface area contributed by atoms with Crippen molar-refractivity contribution in [2.45, 2.75) is 10.4 Å². The Morgan fingerprint density at radius 3 is 2.21 bits per heavy atom. The van der Waals surface area contributed by atoms with Crippen LogP contribution in [-0.2, 0) is 9.53 Å². The van der Waals surface area contributed by atoms with E-state index >= 15 is 0 Å². The van der Waals surface area contributed by atoms with E-state index in [2.05, 4.69) is 10.2 Å². The highest BCUT2D eigenvalue weighted by atomic mass is 32.2. The van der Waals surface area contributed by atoms with Crippen molar-refractivity contribution in [2.75, 3.05) is 26.3 Å². The van der Waals surface area contributed by atoms with Crippen LogP contribution < -0.4 is 0 Å². The molecule has 3 aromatic carbocycles. The molecule has 1 aromatic heterocycles. The van der Waals surface area contributed by atoms with Crippen molar-refractivity contribution < 1.29 is 13.9 Å². The normalized spacial score (nSPS) is 14.7. The van der Waals surface area contributed by atoms with Gasteiger partial charge in [0, 0.05) is 24.3 Å². The first-order valence-electron chi connectivity index (χ1n) is 11.1. The van der Waals surface area contributed by atoms with E-state index in [0.717, 1.165) is 16.8 Å². The molecule has 4 aromatic rings. The number of rotatable bonds is 6. The zero-order chi connectivity index (χ0) is 23.3. The van der Waals surface area contributed by atoms with E-state index in [1.54, 1.807) is 12.1 Å². The van der Waals surface area contributed by atoms with E-state index in [-0.39, 0.29) is 11.7 Å². The van der Waals surface area contributed by atoms with Crippen molar-refractivity contribution in [3.63, 3.8) is 0 Å². The second kappa shape index (κ2) is 10.2. The second-order valence-corrected chi connectivity index (χ2v) is 8.90. The molecule has 6 nitrogen and oxygen atoms in total. The largest absolute Gasteiger partial charge is 0.378 e. The van der Waals surface area contributed by atoms with Crippen LogP contribution in [0.15, 0.2) is 90.1 Å². The minimum absolute atomic E-state index is 0.00872. The summed E-state index contributed by atoms with van der Waals surface area (Å²) in [5, 5.41) is 8.98. The Morgan fingerprint density at radius 2 is 1.53 bits per heavy atom. The Labute approximate surface area is 201 Å². The molecule has 172 valence electrons. The first-order valence-corrected chi connectivity index (χ1v) is 11.9. The number of ether oxygens (including phenoxy) is 1. The summed E-state index contributed by atoms with van der Waals surface area (Å²) >= 11 is 1.35. The van der Waals surface area contributed by atoms with E-state index in [4.69, 9.17) is 4.74 Å². The number of hydrogen-bond donors (Lipinski definition) is 0. The minimum atomic E-state index is -0.508. The highest BCUT2D eigenvalue weighted by Crippen LogP contribution is 2.38. The highest BCUT2D eigenvalue weighted by molar-refractivity contribution is 8.00. The van der Waals surface area contributed by atoms with Gasteiger partial charge in [-0.1, -0.05) is 72.4 Å². The molecule has 1 aliphatic rings. The van der Waals surface area contributed by atoms with Gasteiger partial charge in [-0.3, -0.25) is 9.36 Å². The number of hydrogen-bond acceptors (Lipinski definition) is 5. The molecule has 8 heteroatoms. The molecule has 0 unspecified atom stereocenters. The van der Waals surface area contributed by atoms with Gasteiger partial charge in [0.2, 0.25) is 5.91 Å². The Hall–Kier alpha value is -3.49. The van der Waals surface area contributed by atoms with E-state index in [9.17, 15) is 9.18 Å². The van der Waals surface area contributed by atoms with Crippen LogP contribution in [0.4, 0.5) is 4.39 Å². The molecule has 1 aliphatic heterocycles. The summed E-state index contributed by atoms with van der Waals surface area (Å²) in [6.07, 6.45) is 0. The summed E-state index contributed by atoms with van der Waals surface area (Å²) in [4.78, 5) is 15.5. The smallest absolute Gasteiger partial charge is 0.240 e. The molecule has 1 atom stereocenters. The van der Waals surface area contributed by atoms with Gasteiger partial charge in [0.15, 0.2) is 11.0 Å². The van der Waals surface area contributed by atoms with Crippen molar-refractivity contribution in [2.24, 2.45) is 0 Å². The second-order valence-electron chi connectivity index (χ2n) is 7.83. The van der Waals surface area contributed by atoms with Crippen LogP contribution in [0.3, 0.4) is 0 Å². The number of nitrogens with zero attached hydrogens (tertiary/aromatic N) is 4. The van der Waals surface area contributed by atoms with Crippen molar-refractivity contribution in [3.8, 4) is 17.1 Å². The third kappa shape index (κ3) is 4.73. The fourth-order valence-corrected chi connectivity index (χ4v) is 5.03. The molecular weight excluding hydrogens is 451 g/mol. The zero-order valence-electron chi connectivity index (χ0n) is 18.4. The molecule has 0 saturated carbocycles. The third-order valence-electron chi connectivity index (χ3n) is 5.62. The molecule has 34 heavy (non-hydrogen) atoms. The number of amides is 1. The Bertz CT molecular complexity index is 1240. The molecule has 5 rings (SSSR count). The molecule has 1 saturated heterocycles. The van der Waals surface area contributed by atoms with Crippen LogP contribution in [0.1, 0.15) is 10.8 Å². The highest BCUT2D eigenvalue weighted by Gasteiger charge is 2.30. The van der Waals surface area contributed by atoms with Crippen LogP contribution in [-0.4, -0.2) is 51.9 Å². The van der Waals surface area contributed by atoms with Gasteiger partial charge in [0.05, 0.1) is 13.2 Å². The third-order valence-corrected chi connectivity index (χ3v) is 6.81. The van der Waals surface area contributed by atoms with Gasteiger partial charge in [-0.2, -0.15) is 0 Å². The molecule has 1 amide bonds. The van der Waals surface area contributed by atoms with E-state index < -0.39 is 5.25 Å². The van der Waals surface area contributed by atoms with E-state index in [1.165, 1.54) is 23.9 Å². The summed E-state index contributed by atoms with van der Waals surface area (Å²) in [5.41, 5.74) is 2.49. The molecule has 0 spiro atoms. The van der Waals surface area contributed by atoms with E-state index in [1.807, 2.05) is 70.1 Å². The van der Waals surface area contributed by atoms with Crippen LogP contribution in [0.5, 0.6) is 0 Å². The summed E-state index contributed by atoms with van der Waals surface area (Å²) in [7, 11) is 0. The molecule has 0 radical (unpaired) electrons. The SMILES string of the molecule is O=C([C@@H](Sc1nnc(-c2ccccc2)n1-c1ccc(F)cc1)c1ccccc1)N1CCOCC1. The first kappa shape index (κ1) is 22.3. The Kier molecular flexibility index (Phi) is 6.69. The Morgan fingerprint density at radius 1 is 0.882 bits per heavy atom.